The number of hydrogen-bond acceptors (Lipinski definition) is 7. The molecule has 0 bridgehead atoms. The van der Waals surface area contributed by atoms with Gasteiger partial charge in [0.2, 0.25) is 0 Å². The first-order valence-corrected chi connectivity index (χ1v) is 23.9. The molecule has 0 radical (unpaired) electrons. The third-order valence-corrected chi connectivity index (χ3v) is 14.8. The maximum atomic E-state index is 6.45. The summed E-state index contributed by atoms with van der Waals surface area (Å²) in [5.74, 6) is 1.60. The Labute approximate surface area is 398 Å². The Balaban J connectivity index is 0.887. The lowest BCUT2D eigenvalue weighted by Crippen LogP contribution is -2.11. The van der Waals surface area contributed by atoms with Crippen molar-refractivity contribution in [2.45, 2.75) is 0 Å². The minimum Gasteiger partial charge on any atom is -0.456 e. The monoisotopic (exact) mass is 900 g/mol. The third-order valence-electron chi connectivity index (χ3n) is 13.8. The molecule has 0 spiro atoms. The van der Waals surface area contributed by atoms with Gasteiger partial charge >= 0.3 is 0 Å². The second kappa shape index (κ2) is 14.7. The van der Waals surface area contributed by atoms with Gasteiger partial charge < -0.3 is 8.83 Å². The molecule has 0 aliphatic rings. The number of furan rings is 2. The van der Waals surface area contributed by atoms with Crippen molar-refractivity contribution in [2.24, 2.45) is 0 Å². The van der Waals surface area contributed by atoms with Gasteiger partial charge in [-0.05, 0) is 152 Å². The Morgan fingerprint density at radius 1 is 0.275 bits per heavy atom. The van der Waals surface area contributed by atoms with Crippen LogP contribution in [0.5, 0.6) is 0 Å². The molecular weight excluding hydrogens is 865 g/mol. The Hall–Kier alpha value is -9.04. The number of pyridine rings is 2. The summed E-state index contributed by atoms with van der Waals surface area (Å²) in [5, 5.41) is 16.0. The van der Waals surface area contributed by atoms with Crippen LogP contribution in [0.15, 0.2) is 227 Å². The first-order chi connectivity index (χ1) is 34.1. The lowest BCUT2D eigenvalue weighted by Gasteiger charge is -2.25. The minimum absolute atomic E-state index is 0.800. The minimum atomic E-state index is 0.800. The molecule has 0 unspecified atom stereocenters. The van der Waals surface area contributed by atoms with Gasteiger partial charge in [0.05, 0.1) is 11.4 Å². The van der Waals surface area contributed by atoms with E-state index in [4.69, 9.17) is 18.8 Å². The molecule has 0 fully saturated rings. The van der Waals surface area contributed by atoms with E-state index < -0.39 is 0 Å². The molecule has 15 rings (SSSR count). The normalized spacial score (nSPS) is 12.1. The van der Waals surface area contributed by atoms with Crippen molar-refractivity contribution in [2.75, 3.05) is 9.80 Å². The highest BCUT2D eigenvalue weighted by molar-refractivity contribution is 7.25. The summed E-state index contributed by atoms with van der Waals surface area (Å²) in [4.78, 5) is 17.2. The largest absolute Gasteiger partial charge is 0.456 e. The Kier molecular flexibility index (Phi) is 8.13. The average molecular weight is 901 g/mol. The van der Waals surface area contributed by atoms with Crippen LogP contribution >= 0.6 is 11.3 Å². The zero-order chi connectivity index (χ0) is 45.2. The first-order valence-electron chi connectivity index (χ1n) is 23.1. The smallest absolute Gasteiger partial charge is 0.139 e. The lowest BCUT2D eigenvalue weighted by atomic mass is 10.0. The number of thiophene rings is 1. The van der Waals surface area contributed by atoms with Crippen LogP contribution in [0, 0.1) is 0 Å². The van der Waals surface area contributed by atoms with Gasteiger partial charge in [-0.25, -0.2) is 9.97 Å². The molecule has 322 valence electrons. The maximum absolute atomic E-state index is 6.45. The van der Waals surface area contributed by atoms with Crippen LogP contribution in [0.1, 0.15) is 0 Å². The van der Waals surface area contributed by atoms with Crippen molar-refractivity contribution in [3.8, 4) is 0 Å². The van der Waals surface area contributed by atoms with Gasteiger partial charge in [-0.2, -0.15) is 0 Å². The van der Waals surface area contributed by atoms with Crippen molar-refractivity contribution < 1.29 is 8.83 Å². The molecule has 0 amide bonds. The first kappa shape index (κ1) is 38.1. The molecule has 10 aromatic carbocycles. The molecule has 5 heterocycles. The highest BCUT2D eigenvalue weighted by atomic mass is 32.1. The van der Waals surface area contributed by atoms with E-state index in [0.717, 1.165) is 109 Å². The van der Waals surface area contributed by atoms with Crippen molar-refractivity contribution in [1.82, 2.24) is 9.97 Å². The number of nitrogens with zero attached hydrogens (tertiary/aromatic N) is 4. The Bertz CT molecular complexity index is 4310. The maximum Gasteiger partial charge on any atom is 0.139 e. The van der Waals surface area contributed by atoms with Crippen LogP contribution in [-0.2, 0) is 0 Å². The third kappa shape index (κ3) is 6.11. The van der Waals surface area contributed by atoms with E-state index in [0.29, 0.717) is 0 Å². The number of fused-ring (bicyclic) bond motifs is 13. The van der Waals surface area contributed by atoms with Crippen LogP contribution in [0.2, 0.25) is 0 Å². The summed E-state index contributed by atoms with van der Waals surface area (Å²) in [6.07, 6.45) is 0. The fraction of sp³-hybridized carbons (Fsp3) is 0. The SMILES string of the molecule is c1ccc2cc3cc(N(c4ccc5c(c4)oc4ccccc45)c4ccc5c(n4)sc4nc(N(c6ccc7cc8ccccc8cc7c6)c6ccc7c(c6)oc6ccccc67)ccc45)ccc3cc2c1. The van der Waals surface area contributed by atoms with Gasteiger partial charge in [0.15, 0.2) is 0 Å². The van der Waals surface area contributed by atoms with Crippen molar-refractivity contribution >= 4 is 153 Å². The van der Waals surface area contributed by atoms with Gasteiger partial charge in [-0.15, -0.1) is 0 Å². The summed E-state index contributed by atoms with van der Waals surface area (Å²) < 4.78 is 12.9. The number of aromatic nitrogens is 2. The van der Waals surface area contributed by atoms with Crippen molar-refractivity contribution in [3.05, 3.63) is 218 Å². The standard InChI is InChI=1S/C62H36N4O2S/c1-3-11-39-31-43-33-45(19-17-41(43)29-37(39)9-1)65(47-21-23-51-49-13-5-7-15-55(49)67-57(51)35-47)59-27-25-53-54-26-28-60(64-62(54)69-61(53)63-59)66(48-22-24-52-50-14-6-8-16-56(50)68-58(52)36-48)46-20-18-42-30-38-10-2-4-12-40(38)32-44(42)34-46/h1-36H. The summed E-state index contributed by atoms with van der Waals surface area (Å²) in [6, 6.07) is 77.5. The average Bonchev–Trinajstić information content (AvgIpc) is 4.08. The predicted molar refractivity (Wildman–Crippen MR) is 289 cm³/mol. The molecule has 0 saturated heterocycles. The molecule has 15 aromatic rings. The van der Waals surface area contributed by atoms with E-state index in [2.05, 4.69) is 204 Å². The fourth-order valence-electron chi connectivity index (χ4n) is 10.4. The highest BCUT2D eigenvalue weighted by Gasteiger charge is 2.22. The lowest BCUT2D eigenvalue weighted by molar-refractivity contribution is 0.668. The number of anilines is 6. The molecule has 69 heavy (non-hydrogen) atoms. The van der Waals surface area contributed by atoms with Gasteiger partial charge in [0.1, 0.15) is 43.6 Å². The van der Waals surface area contributed by atoms with E-state index in [1.807, 2.05) is 24.3 Å². The summed E-state index contributed by atoms with van der Waals surface area (Å²) in [5.41, 5.74) is 7.31. The van der Waals surface area contributed by atoms with Crippen molar-refractivity contribution in [3.63, 3.8) is 0 Å². The zero-order valence-electron chi connectivity index (χ0n) is 36.8. The van der Waals surface area contributed by atoms with Crippen LogP contribution in [0.25, 0.3) is 107 Å². The molecule has 0 atom stereocenters. The highest BCUT2D eigenvalue weighted by Crippen LogP contribution is 2.44. The van der Waals surface area contributed by atoms with Gasteiger partial charge in [-0.3, -0.25) is 9.80 Å². The number of benzene rings is 10. The predicted octanol–water partition coefficient (Wildman–Crippen LogP) is 18.2. The van der Waals surface area contributed by atoms with Crippen LogP contribution in [0.3, 0.4) is 0 Å². The molecule has 0 N–H and O–H groups in total. The number of para-hydroxylation sites is 2. The van der Waals surface area contributed by atoms with E-state index >= 15 is 0 Å². The van der Waals surface area contributed by atoms with Crippen LogP contribution < -0.4 is 9.80 Å². The van der Waals surface area contributed by atoms with Gasteiger partial charge in [-0.1, -0.05) is 108 Å². The summed E-state index contributed by atoms with van der Waals surface area (Å²) >= 11 is 1.61. The zero-order valence-corrected chi connectivity index (χ0v) is 37.6. The van der Waals surface area contributed by atoms with E-state index in [-0.39, 0.29) is 0 Å². The van der Waals surface area contributed by atoms with E-state index in [1.54, 1.807) is 11.3 Å². The fourth-order valence-corrected chi connectivity index (χ4v) is 11.5. The van der Waals surface area contributed by atoms with Crippen molar-refractivity contribution in [1.29, 1.82) is 0 Å². The summed E-state index contributed by atoms with van der Waals surface area (Å²) in [6.45, 7) is 0. The molecule has 5 aromatic heterocycles. The summed E-state index contributed by atoms with van der Waals surface area (Å²) in [7, 11) is 0. The molecule has 0 aliphatic heterocycles. The van der Waals surface area contributed by atoms with Gasteiger partial charge in [0.25, 0.3) is 0 Å². The Morgan fingerprint density at radius 2 is 0.623 bits per heavy atom. The quantitative estimate of drug-likeness (QED) is 0.155. The number of rotatable bonds is 6. The second-order valence-electron chi connectivity index (χ2n) is 17.8. The molecule has 0 aliphatic carbocycles. The second-order valence-corrected chi connectivity index (χ2v) is 18.8. The topological polar surface area (TPSA) is 58.5 Å². The van der Waals surface area contributed by atoms with E-state index in [9.17, 15) is 0 Å². The van der Waals surface area contributed by atoms with Gasteiger partial charge in [0, 0.05) is 55.8 Å². The molecular formula is C62H36N4O2S. The van der Waals surface area contributed by atoms with E-state index in [1.165, 1.54) is 32.3 Å². The number of hydrogen-bond donors (Lipinski definition) is 0. The molecule has 6 nitrogen and oxygen atoms in total. The van der Waals surface area contributed by atoms with Crippen LogP contribution in [0.4, 0.5) is 34.4 Å². The molecule has 7 heteroatoms. The van der Waals surface area contributed by atoms with Crippen LogP contribution in [-0.4, -0.2) is 9.97 Å². The molecule has 0 saturated carbocycles. The Morgan fingerprint density at radius 3 is 1.09 bits per heavy atom.